The van der Waals surface area contributed by atoms with E-state index in [2.05, 4.69) is 15.6 Å². The minimum atomic E-state index is -0.701. The first-order valence-electron chi connectivity index (χ1n) is 10.0. The van der Waals surface area contributed by atoms with Gasteiger partial charge in [-0.2, -0.15) is 0 Å². The van der Waals surface area contributed by atoms with Crippen molar-refractivity contribution in [3.05, 3.63) is 51.0 Å². The summed E-state index contributed by atoms with van der Waals surface area (Å²) in [5.74, 6) is -1.66. The maximum absolute atomic E-state index is 12.4. The topological polar surface area (TPSA) is 123 Å². The zero-order valence-corrected chi connectivity index (χ0v) is 19.5. The van der Waals surface area contributed by atoms with E-state index < -0.39 is 18.5 Å². The minimum Gasteiger partial charge on any atom is -0.451 e. The number of nitrogens with one attached hydrogen (secondary N) is 2. The van der Waals surface area contributed by atoms with Gasteiger partial charge < -0.3 is 21.1 Å². The van der Waals surface area contributed by atoms with E-state index in [1.807, 2.05) is 52.8 Å². The molecule has 9 heteroatoms. The number of carbonyl (C=O) groups excluding carboxylic acids is 3. The molecule has 8 nitrogen and oxygen atoms in total. The smallest absolute Gasteiger partial charge is 0.351 e. The maximum Gasteiger partial charge on any atom is 0.351 e. The summed E-state index contributed by atoms with van der Waals surface area (Å²) in [5.41, 5.74) is 11.9. The predicted molar refractivity (Wildman–Crippen MR) is 126 cm³/mol. The van der Waals surface area contributed by atoms with E-state index in [-0.39, 0.29) is 17.3 Å². The zero-order chi connectivity index (χ0) is 23.6. The molecule has 0 aliphatic heterocycles. The second kappa shape index (κ2) is 9.35. The number of nitrogens with two attached hydrogens (primary N) is 1. The summed E-state index contributed by atoms with van der Waals surface area (Å²) >= 11 is 1.13. The fraction of sp³-hybridized carbons (Fsp3) is 0.304. The van der Waals surface area contributed by atoms with E-state index >= 15 is 0 Å². The lowest BCUT2D eigenvalue weighted by atomic mass is 10.1. The molecule has 32 heavy (non-hydrogen) atoms. The number of hydrogen-bond donors (Lipinski definition) is 3. The molecule has 0 radical (unpaired) electrons. The summed E-state index contributed by atoms with van der Waals surface area (Å²) in [7, 11) is 0. The minimum absolute atomic E-state index is 0.206. The number of esters is 1. The fourth-order valence-electron chi connectivity index (χ4n) is 3.61. The van der Waals surface area contributed by atoms with Crippen LogP contribution in [0.25, 0.3) is 10.2 Å². The van der Waals surface area contributed by atoms with Crippen molar-refractivity contribution >= 4 is 50.7 Å². The molecule has 4 N–H and O–H groups in total. The normalized spacial score (nSPS) is 10.8. The Balaban J connectivity index is 1.55. The standard InChI is InChI=1S/C23H26N4O4S/c1-11-6-13(3)20(14(4)7-11)27-16(28)9-25-17(29)10-31-23(30)21-19(24)18-12(2)8-15(5)26-22(18)32-21/h6-8H,9-10,24H2,1-5H3,(H,25,29)(H,27,28). The Morgan fingerprint density at radius 3 is 2.31 bits per heavy atom. The zero-order valence-electron chi connectivity index (χ0n) is 18.7. The first-order valence-corrected chi connectivity index (χ1v) is 10.9. The SMILES string of the molecule is Cc1cc(C)c(NC(=O)CNC(=O)COC(=O)c2sc3nc(C)cc(C)c3c2N)c(C)c1. The molecule has 0 aliphatic carbocycles. The molecule has 2 heterocycles. The van der Waals surface area contributed by atoms with E-state index in [1.54, 1.807) is 0 Å². The van der Waals surface area contributed by atoms with Crippen LogP contribution in [-0.2, 0) is 14.3 Å². The van der Waals surface area contributed by atoms with Crippen LogP contribution in [0.4, 0.5) is 11.4 Å². The molecule has 3 aromatic rings. The lowest BCUT2D eigenvalue weighted by Crippen LogP contribution is -2.35. The van der Waals surface area contributed by atoms with Crippen molar-refractivity contribution in [2.24, 2.45) is 0 Å². The molecule has 0 aliphatic rings. The Kier molecular flexibility index (Phi) is 6.78. The van der Waals surface area contributed by atoms with Crippen LogP contribution in [0.15, 0.2) is 18.2 Å². The van der Waals surface area contributed by atoms with Crippen LogP contribution in [0.2, 0.25) is 0 Å². The second-order valence-electron chi connectivity index (χ2n) is 7.78. The first-order chi connectivity index (χ1) is 15.1. The molecular weight excluding hydrogens is 428 g/mol. The van der Waals surface area contributed by atoms with Gasteiger partial charge in [0.25, 0.3) is 5.91 Å². The molecule has 168 valence electrons. The summed E-state index contributed by atoms with van der Waals surface area (Å²) in [6.07, 6.45) is 0. The lowest BCUT2D eigenvalue weighted by Gasteiger charge is -2.13. The molecule has 0 atom stereocenters. The fourth-order valence-corrected chi connectivity index (χ4v) is 4.72. The third-order valence-corrected chi connectivity index (χ3v) is 6.01. The van der Waals surface area contributed by atoms with Crippen molar-refractivity contribution in [1.82, 2.24) is 10.3 Å². The predicted octanol–water partition coefficient (Wildman–Crippen LogP) is 3.33. The van der Waals surface area contributed by atoms with Crippen molar-refractivity contribution in [3.63, 3.8) is 0 Å². The van der Waals surface area contributed by atoms with Gasteiger partial charge in [0.05, 0.1) is 12.2 Å². The molecule has 0 spiro atoms. The van der Waals surface area contributed by atoms with Gasteiger partial charge in [-0.3, -0.25) is 9.59 Å². The monoisotopic (exact) mass is 454 g/mol. The summed E-state index contributed by atoms with van der Waals surface area (Å²) in [6.45, 7) is 8.80. The molecule has 0 saturated heterocycles. The molecule has 0 saturated carbocycles. The van der Waals surface area contributed by atoms with Crippen LogP contribution < -0.4 is 16.4 Å². The number of pyridine rings is 1. The van der Waals surface area contributed by atoms with Crippen molar-refractivity contribution in [3.8, 4) is 0 Å². The van der Waals surface area contributed by atoms with E-state index in [9.17, 15) is 14.4 Å². The number of aromatic nitrogens is 1. The van der Waals surface area contributed by atoms with Gasteiger partial charge in [-0.25, -0.2) is 9.78 Å². The number of carbonyl (C=O) groups is 3. The van der Waals surface area contributed by atoms with Crippen molar-refractivity contribution in [2.45, 2.75) is 34.6 Å². The van der Waals surface area contributed by atoms with Gasteiger partial charge in [0.15, 0.2) is 6.61 Å². The Morgan fingerprint density at radius 1 is 1.00 bits per heavy atom. The summed E-state index contributed by atoms with van der Waals surface area (Å²) in [6, 6.07) is 5.83. The molecule has 2 aromatic heterocycles. The highest BCUT2D eigenvalue weighted by Crippen LogP contribution is 2.35. The van der Waals surface area contributed by atoms with Gasteiger partial charge in [-0.15, -0.1) is 11.3 Å². The Bertz CT molecular complexity index is 1210. The maximum atomic E-state index is 12.4. The number of anilines is 2. The highest BCUT2D eigenvalue weighted by atomic mass is 32.1. The van der Waals surface area contributed by atoms with Gasteiger partial charge >= 0.3 is 5.97 Å². The molecule has 1 aromatic carbocycles. The van der Waals surface area contributed by atoms with Crippen LogP contribution in [0.3, 0.4) is 0 Å². The lowest BCUT2D eigenvalue weighted by molar-refractivity contribution is -0.126. The van der Waals surface area contributed by atoms with Crippen LogP contribution in [0, 0.1) is 34.6 Å². The van der Waals surface area contributed by atoms with Crippen LogP contribution in [-0.4, -0.2) is 35.9 Å². The van der Waals surface area contributed by atoms with Gasteiger partial charge in [-0.1, -0.05) is 17.7 Å². The Morgan fingerprint density at radius 2 is 1.66 bits per heavy atom. The van der Waals surface area contributed by atoms with Gasteiger partial charge in [0, 0.05) is 16.8 Å². The average molecular weight is 455 g/mol. The number of hydrogen-bond acceptors (Lipinski definition) is 7. The van der Waals surface area contributed by atoms with Crippen molar-refractivity contribution in [2.75, 3.05) is 24.2 Å². The number of ether oxygens (including phenoxy) is 1. The highest BCUT2D eigenvalue weighted by molar-refractivity contribution is 7.21. The number of nitrogens with zero attached hydrogens (tertiary/aromatic N) is 1. The Labute approximate surface area is 190 Å². The van der Waals surface area contributed by atoms with Gasteiger partial charge in [0.1, 0.15) is 9.71 Å². The molecule has 0 bridgehead atoms. The molecule has 0 fully saturated rings. The van der Waals surface area contributed by atoms with Gasteiger partial charge in [0.2, 0.25) is 5.91 Å². The number of benzene rings is 1. The average Bonchev–Trinajstić information content (AvgIpc) is 3.03. The quantitative estimate of drug-likeness (QED) is 0.491. The number of aryl methyl sites for hydroxylation is 5. The number of nitrogen functional groups attached to an aromatic ring is 1. The molecule has 3 rings (SSSR count). The highest BCUT2D eigenvalue weighted by Gasteiger charge is 2.21. The second-order valence-corrected chi connectivity index (χ2v) is 8.78. The summed E-state index contributed by atoms with van der Waals surface area (Å²) in [4.78, 5) is 42.0. The molecule has 0 unspecified atom stereocenters. The number of amides is 2. The number of rotatable bonds is 6. The number of thiophene rings is 1. The largest absolute Gasteiger partial charge is 0.451 e. The molecular formula is C23H26N4O4S. The van der Waals surface area contributed by atoms with Crippen LogP contribution >= 0.6 is 11.3 Å². The van der Waals surface area contributed by atoms with Gasteiger partial charge in [-0.05, 0) is 57.4 Å². The van der Waals surface area contributed by atoms with Crippen molar-refractivity contribution < 1.29 is 19.1 Å². The van der Waals surface area contributed by atoms with E-state index in [0.29, 0.717) is 10.5 Å². The van der Waals surface area contributed by atoms with E-state index in [4.69, 9.17) is 10.5 Å². The number of fused-ring (bicyclic) bond motifs is 1. The first kappa shape index (κ1) is 23.2. The van der Waals surface area contributed by atoms with E-state index in [0.717, 1.165) is 50.4 Å². The molecule has 2 amide bonds. The Hall–Kier alpha value is -3.46. The van der Waals surface area contributed by atoms with Crippen LogP contribution in [0.5, 0.6) is 0 Å². The van der Waals surface area contributed by atoms with Crippen LogP contribution in [0.1, 0.15) is 37.6 Å². The summed E-state index contributed by atoms with van der Waals surface area (Å²) < 4.78 is 5.09. The van der Waals surface area contributed by atoms with E-state index in [1.165, 1.54) is 0 Å². The third-order valence-electron chi connectivity index (χ3n) is 4.93. The summed E-state index contributed by atoms with van der Waals surface area (Å²) in [5, 5.41) is 5.97. The third kappa shape index (κ3) is 5.05. The van der Waals surface area contributed by atoms with Crippen molar-refractivity contribution in [1.29, 1.82) is 0 Å².